The Morgan fingerprint density at radius 2 is 2.33 bits per heavy atom. The number of nitrogens with one attached hydrogen (secondary N) is 1. The number of amidine groups is 1. The molecule has 0 saturated carbocycles. The number of hydrogen-bond acceptors (Lipinski definition) is 3. The Labute approximate surface area is 102 Å². The largest absolute Gasteiger partial charge is 0.395 e. The Hall–Kier alpha value is -0.520. The zero-order chi connectivity index (χ0) is 11.4. The van der Waals surface area contributed by atoms with Crippen LogP contribution in [-0.4, -0.2) is 22.8 Å². The molecule has 1 unspecified atom stereocenters. The molecule has 0 radical (unpaired) electrons. The molecule has 1 aromatic rings. The lowest BCUT2D eigenvalue weighted by Gasteiger charge is -2.12. The van der Waals surface area contributed by atoms with Crippen molar-refractivity contribution in [1.29, 1.82) is 5.41 Å². The van der Waals surface area contributed by atoms with Crippen LogP contribution in [0.25, 0.3) is 0 Å². The predicted octanol–water partition coefficient (Wildman–Crippen LogP) is 2.21. The van der Waals surface area contributed by atoms with E-state index in [9.17, 15) is 0 Å². The third kappa shape index (κ3) is 3.22. The van der Waals surface area contributed by atoms with Gasteiger partial charge in [0, 0.05) is 20.2 Å². The van der Waals surface area contributed by atoms with Gasteiger partial charge in [0.1, 0.15) is 5.84 Å². The fourth-order valence-corrected chi connectivity index (χ4v) is 2.83. The Morgan fingerprint density at radius 1 is 1.67 bits per heavy atom. The van der Waals surface area contributed by atoms with Crippen molar-refractivity contribution in [1.82, 2.24) is 0 Å². The summed E-state index contributed by atoms with van der Waals surface area (Å²) in [6.07, 6.45) is 0. The van der Waals surface area contributed by atoms with Crippen LogP contribution in [0.1, 0.15) is 12.5 Å². The number of nitrogen functional groups attached to an aromatic ring is 1. The molecule has 5 heteroatoms. The number of aliphatic hydroxyl groups is 1. The number of hydrogen-bond donors (Lipinski definition) is 3. The van der Waals surface area contributed by atoms with E-state index in [-0.39, 0.29) is 17.7 Å². The smallest absolute Gasteiger partial charge is 0.125 e. The van der Waals surface area contributed by atoms with Gasteiger partial charge in [0.05, 0.1) is 6.61 Å². The maximum absolute atomic E-state index is 8.98. The highest BCUT2D eigenvalue weighted by Crippen LogP contribution is 2.30. The summed E-state index contributed by atoms with van der Waals surface area (Å²) in [6.45, 7) is 2.03. The van der Waals surface area contributed by atoms with Gasteiger partial charge in [-0.15, -0.1) is 11.8 Å². The van der Waals surface area contributed by atoms with Gasteiger partial charge in [-0.3, -0.25) is 5.41 Å². The number of halogens is 1. The van der Waals surface area contributed by atoms with Crippen LogP contribution in [0.5, 0.6) is 0 Å². The van der Waals surface area contributed by atoms with E-state index < -0.39 is 0 Å². The molecule has 3 nitrogen and oxygen atoms in total. The van der Waals surface area contributed by atoms with Crippen LogP contribution in [0.3, 0.4) is 0 Å². The fraction of sp³-hybridized carbons (Fsp3) is 0.300. The zero-order valence-corrected chi connectivity index (χ0v) is 10.7. The molecular weight excluding hydrogens is 276 g/mol. The van der Waals surface area contributed by atoms with E-state index in [1.165, 1.54) is 11.8 Å². The van der Waals surface area contributed by atoms with Crippen molar-refractivity contribution in [3.63, 3.8) is 0 Å². The minimum Gasteiger partial charge on any atom is -0.395 e. The van der Waals surface area contributed by atoms with Gasteiger partial charge >= 0.3 is 0 Å². The minimum atomic E-state index is 0.0371. The fourth-order valence-electron chi connectivity index (χ4n) is 1.12. The standard InChI is InChI=1S/C10H13BrN2OS/c1-6(5-14)15-8-4-2-3-7(11)9(8)10(12)13/h2-4,6,14H,5H2,1H3,(H3,12,13). The molecule has 0 aliphatic heterocycles. The lowest BCUT2D eigenvalue weighted by Crippen LogP contribution is -2.14. The molecule has 1 rings (SSSR count). The summed E-state index contributed by atoms with van der Waals surface area (Å²) in [6, 6.07) is 5.64. The molecule has 0 saturated heterocycles. The van der Waals surface area contributed by atoms with Crippen LogP contribution in [0.15, 0.2) is 27.6 Å². The maximum atomic E-state index is 8.98. The molecule has 15 heavy (non-hydrogen) atoms. The van der Waals surface area contributed by atoms with Gasteiger partial charge in [-0.05, 0) is 28.1 Å². The second-order valence-electron chi connectivity index (χ2n) is 3.14. The summed E-state index contributed by atoms with van der Waals surface area (Å²) in [7, 11) is 0. The van der Waals surface area contributed by atoms with E-state index in [0.29, 0.717) is 5.56 Å². The van der Waals surface area contributed by atoms with E-state index in [0.717, 1.165) is 9.37 Å². The van der Waals surface area contributed by atoms with E-state index in [1.54, 1.807) is 0 Å². The van der Waals surface area contributed by atoms with Gasteiger partial charge < -0.3 is 10.8 Å². The highest BCUT2D eigenvalue weighted by molar-refractivity contribution is 9.10. The predicted molar refractivity (Wildman–Crippen MR) is 67.6 cm³/mol. The average Bonchev–Trinajstić information content (AvgIpc) is 2.17. The van der Waals surface area contributed by atoms with Crippen LogP contribution < -0.4 is 5.73 Å². The molecule has 0 aliphatic carbocycles. The number of rotatable bonds is 4. The van der Waals surface area contributed by atoms with Crippen molar-refractivity contribution in [3.8, 4) is 0 Å². The number of nitrogens with two attached hydrogens (primary N) is 1. The summed E-state index contributed by atoms with van der Waals surface area (Å²) in [5, 5.41) is 16.6. The average molecular weight is 289 g/mol. The Kier molecular flexibility index (Phi) is 4.63. The van der Waals surface area contributed by atoms with Crippen LogP contribution in [-0.2, 0) is 0 Å². The van der Waals surface area contributed by atoms with E-state index >= 15 is 0 Å². The topological polar surface area (TPSA) is 70.1 Å². The van der Waals surface area contributed by atoms with E-state index in [1.807, 2.05) is 25.1 Å². The molecule has 0 aliphatic rings. The first-order chi connectivity index (χ1) is 7.06. The molecule has 1 atom stereocenters. The molecule has 0 bridgehead atoms. The molecule has 1 aromatic carbocycles. The molecule has 0 aromatic heterocycles. The minimum absolute atomic E-state index is 0.0371. The quantitative estimate of drug-likeness (QED) is 0.452. The van der Waals surface area contributed by atoms with Crippen LogP contribution in [0, 0.1) is 5.41 Å². The van der Waals surface area contributed by atoms with E-state index in [2.05, 4.69) is 15.9 Å². The number of benzene rings is 1. The van der Waals surface area contributed by atoms with Gasteiger partial charge in [-0.1, -0.05) is 13.0 Å². The summed E-state index contributed by atoms with van der Waals surface area (Å²) >= 11 is 4.87. The normalized spacial score (nSPS) is 12.5. The number of aliphatic hydroxyl groups excluding tert-OH is 1. The van der Waals surface area contributed by atoms with Crippen molar-refractivity contribution in [3.05, 3.63) is 28.2 Å². The first kappa shape index (κ1) is 12.5. The van der Waals surface area contributed by atoms with Crippen molar-refractivity contribution >= 4 is 33.5 Å². The zero-order valence-electron chi connectivity index (χ0n) is 8.33. The van der Waals surface area contributed by atoms with Crippen molar-refractivity contribution in [2.75, 3.05) is 6.61 Å². The molecule has 0 heterocycles. The lowest BCUT2D eigenvalue weighted by molar-refractivity contribution is 0.300. The number of thioether (sulfide) groups is 1. The summed E-state index contributed by atoms with van der Waals surface area (Å²) in [5.74, 6) is 0.0371. The second kappa shape index (κ2) is 5.53. The highest BCUT2D eigenvalue weighted by Gasteiger charge is 2.12. The van der Waals surface area contributed by atoms with Gasteiger partial charge in [0.25, 0.3) is 0 Å². The van der Waals surface area contributed by atoms with Gasteiger partial charge in [-0.2, -0.15) is 0 Å². The molecule has 0 spiro atoms. The Bertz CT molecular complexity index is 370. The Balaban J connectivity index is 3.06. The van der Waals surface area contributed by atoms with E-state index in [4.69, 9.17) is 16.2 Å². The first-order valence-corrected chi connectivity index (χ1v) is 6.14. The summed E-state index contributed by atoms with van der Waals surface area (Å²) in [5.41, 5.74) is 6.21. The molecule has 0 amide bonds. The highest BCUT2D eigenvalue weighted by atomic mass is 79.9. The molecule has 82 valence electrons. The van der Waals surface area contributed by atoms with Crippen LogP contribution >= 0.6 is 27.7 Å². The maximum Gasteiger partial charge on any atom is 0.125 e. The van der Waals surface area contributed by atoms with Crippen molar-refractivity contribution in [2.24, 2.45) is 5.73 Å². The SMILES string of the molecule is CC(CO)Sc1cccc(Br)c1C(=N)N. The summed E-state index contributed by atoms with van der Waals surface area (Å²) in [4.78, 5) is 0.915. The molecule has 0 fully saturated rings. The van der Waals surface area contributed by atoms with Crippen LogP contribution in [0.2, 0.25) is 0 Å². The molecule has 4 N–H and O–H groups in total. The molecular formula is C10H13BrN2OS. The Morgan fingerprint density at radius 3 is 2.87 bits per heavy atom. The summed E-state index contributed by atoms with van der Waals surface area (Å²) < 4.78 is 0.810. The first-order valence-electron chi connectivity index (χ1n) is 4.46. The third-order valence-electron chi connectivity index (χ3n) is 1.83. The lowest BCUT2D eigenvalue weighted by atomic mass is 10.2. The van der Waals surface area contributed by atoms with Crippen LogP contribution in [0.4, 0.5) is 0 Å². The second-order valence-corrected chi connectivity index (χ2v) is 5.47. The van der Waals surface area contributed by atoms with Crippen molar-refractivity contribution < 1.29 is 5.11 Å². The third-order valence-corrected chi connectivity index (χ3v) is 3.64. The van der Waals surface area contributed by atoms with Crippen molar-refractivity contribution in [2.45, 2.75) is 17.1 Å². The monoisotopic (exact) mass is 288 g/mol. The van der Waals surface area contributed by atoms with Gasteiger partial charge in [-0.25, -0.2) is 0 Å². The van der Waals surface area contributed by atoms with Gasteiger partial charge in [0.2, 0.25) is 0 Å². The van der Waals surface area contributed by atoms with Gasteiger partial charge in [0.15, 0.2) is 0 Å².